The van der Waals surface area contributed by atoms with E-state index in [1.165, 1.54) is 0 Å². The molecular formula is C23H42N4O7S2. The smallest absolute Gasteiger partial charge is 0.222 e. The predicted octanol–water partition coefficient (Wildman–Crippen LogP) is 1.93. The number of carbonyl (C=O) groups is 2. The van der Waals surface area contributed by atoms with Crippen molar-refractivity contribution in [2.24, 2.45) is 0 Å². The molecule has 0 saturated carbocycles. The molecular weight excluding hydrogens is 508 g/mol. The lowest BCUT2D eigenvalue weighted by Crippen LogP contribution is -2.28. The van der Waals surface area contributed by atoms with Gasteiger partial charge in [-0.05, 0) is 19.6 Å². The maximum absolute atomic E-state index is 11.8. The molecule has 0 aromatic carbocycles. The van der Waals surface area contributed by atoms with Crippen molar-refractivity contribution >= 4 is 33.3 Å². The summed E-state index contributed by atoms with van der Waals surface area (Å²) in [5.74, 6) is 1.08. The first-order valence-corrected chi connectivity index (χ1v) is 15.0. The Kier molecular flexibility index (Phi) is 22.0. The quantitative estimate of drug-likeness (QED) is 0.134. The van der Waals surface area contributed by atoms with E-state index in [-0.39, 0.29) is 11.7 Å². The monoisotopic (exact) mass is 550 g/mol. The first-order valence-electron chi connectivity index (χ1n) is 12.3. The van der Waals surface area contributed by atoms with Gasteiger partial charge in [-0.1, -0.05) is 26.8 Å². The maximum atomic E-state index is 11.8. The zero-order valence-corrected chi connectivity index (χ0v) is 23.2. The van der Waals surface area contributed by atoms with Crippen molar-refractivity contribution < 1.29 is 33.3 Å². The third-order valence-electron chi connectivity index (χ3n) is 4.60. The van der Waals surface area contributed by atoms with Gasteiger partial charge in [0.25, 0.3) is 0 Å². The number of aromatic nitrogens is 3. The third kappa shape index (κ3) is 20.9. The number of hydrogen-bond acceptors (Lipinski definition) is 11. The second-order valence-electron chi connectivity index (χ2n) is 7.67. The summed E-state index contributed by atoms with van der Waals surface area (Å²) in [5.41, 5.74) is 0.887. The number of rotatable bonds is 26. The van der Waals surface area contributed by atoms with Gasteiger partial charge in [0.2, 0.25) is 5.91 Å². The normalized spacial score (nSPS) is 11.2. The Labute approximate surface area is 222 Å². The van der Waals surface area contributed by atoms with E-state index in [1.807, 2.05) is 19.4 Å². The third-order valence-corrected chi connectivity index (χ3v) is 6.42. The fraction of sp³-hybridized carbons (Fsp3) is 0.826. The molecule has 36 heavy (non-hydrogen) atoms. The first kappa shape index (κ1) is 32.8. The lowest BCUT2D eigenvalue weighted by Gasteiger charge is -2.08. The minimum atomic E-state index is -0.0767. The number of aryl methyl sites for hydroxylation is 1. The summed E-state index contributed by atoms with van der Waals surface area (Å²) in [6, 6.07) is 0. The summed E-state index contributed by atoms with van der Waals surface area (Å²) >= 11 is 0. The van der Waals surface area contributed by atoms with Crippen LogP contribution in [0.25, 0.3) is 0 Å². The molecule has 1 N–H and O–H groups in total. The van der Waals surface area contributed by atoms with Gasteiger partial charge < -0.3 is 29.0 Å². The van der Waals surface area contributed by atoms with Crippen LogP contribution in [0.2, 0.25) is 0 Å². The van der Waals surface area contributed by atoms with Crippen molar-refractivity contribution in [2.75, 3.05) is 84.6 Å². The predicted molar refractivity (Wildman–Crippen MR) is 141 cm³/mol. The van der Waals surface area contributed by atoms with E-state index in [2.05, 4.69) is 15.6 Å². The summed E-state index contributed by atoms with van der Waals surface area (Å²) in [4.78, 5) is 23.4. The van der Waals surface area contributed by atoms with Crippen LogP contribution in [-0.2, 0) is 39.8 Å². The second-order valence-corrected chi connectivity index (χ2v) is 10.4. The number of nitrogens with one attached hydrogen (secondary N) is 1. The van der Waals surface area contributed by atoms with E-state index in [9.17, 15) is 9.59 Å². The van der Waals surface area contributed by atoms with Crippen molar-refractivity contribution in [3.8, 4) is 0 Å². The Morgan fingerprint density at radius 1 is 0.861 bits per heavy atom. The SMILES string of the molecule is CSSCCC(=O)CCCOCCOCCC(=O)NCCOCCOCCOCCn1cc(C)nn1. The molecule has 0 aliphatic rings. The van der Waals surface area contributed by atoms with Crippen LogP contribution >= 0.6 is 21.6 Å². The van der Waals surface area contributed by atoms with Crippen molar-refractivity contribution in [3.63, 3.8) is 0 Å². The van der Waals surface area contributed by atoms with Gasteiger partial charge in [0, 0.05) is 44.4 Å². The van der Waals surface area contributed by atoms with Gasteiger partial charge in [0.05, 0.1) is 71.7 Å². The number of carbonyl (C=O) groups excluding carboxylic acids is 2. The van der Waals surface area contributed by atoms with E-state index in [0.29, 0.717) is 98.4 Å². The molecule has 1 heterocycles. The molecule has 1 aromatic rings. The van der Waals surface area contributed by atoms with Crippen molar-refractivity contribution in [3.05, 3.63) is 11.9 Å². The number of hydrogen-bond donors (Lipinski definition) is 1. The summed E-state index contributed by atoms with van der Waals surface area (Å²) in [7, 11) is 3.39. The molecule has 0 aliphatic heterocycles. The summed E-state index contributed by atoms with van der Waals surface area (Å²) in [6.07, 6.45) is 6.10. The van der Waals surface area contributed by atoms with Gasteiger partial charge in [-0.3, -0.25) is 9.59 Å². The van der Waals surface area contributed by atoms with E-state index < -0.39 is 0 Å². The van der Waals surface area contributed by atoms with Gasteiger partial charge in [-0.25, -0.2) is 4.68 Å². The Morgan fingerprint density at radius 2 is 1.50 bits per heavy atom. The van der Waals surface area contributed by atoms with Gasteiger partial charge in [0.1, 0.15) is 5.78 Å². The molecule has 0 fully saturated rings. The number of Topliss-reactive ketones (excluding diaryl/α,β-unsaturated/α-hetero) is 1. The van der Waals surface area contributed by atoms with Crippen LogP contribution in [0.15, 0.2) is 6.20 Å². The number of nitrogens with zero attached hydrogens (tertiary/aromatic N) is 3. The molecule has 1 rings (SSSR count). The molecule has 0 aliphatic carbocycles. The molecule has 0 radical (unpaired) electrons. The molecule has 13 heteroatoms. The van der Waals surface area contributed by atoms with Crippen molar-refractivity contribution in [1.82, 2.24) is 20.3 Å². The van der Waals surface area contributed by atoms with Crippen LogP contribution in [0.3, 0.4) is 0 Å². The van der Waals surface area contributed by atoms with Crippen LogP contribution < -0.4 is 5.32 Å². The number of amides is 1. The van der Waals surface area contributed by atoms with Crippen LogP contribution in [0, 0.1) is 6.92 Å². The van der Waals surface area contributed by atoms with Crippen LogP contribution in [0.4, 0.5) is 0 Å². The van der Waals surface area contributed by atoms with Crippen molar-refractivity contribution in [2.45, 2.75) is 39.2 Å². The van der Waals surface area contributed by atoms with Gasteiger partial charge in [0.15, 0.2) is 0 Å². The standard InChI is InChI=1S/C23H42N4O7S2/c1-21-20-27(26-25-21)8-12-33-16-18-34-17-15-32-11-7-24-23(29)5-10-31-14-13-30-9-3-4-22(28)6-19-36-35-2/h20H,3-19H2,1-2H3,(H,24,29). The maximum Gasteiger partial charge on any atom is 0.222 e. The highest BCUT2D eigenvalue weighted by Crippen LogP contribution is 2.17. The van der Waals surface area contributed by atoms with Crippen LogP contribution in [-0.4, -0.2) is 111 Å². The molecule has 0 bridgehead atoms. The fourth-order valence-electron chi connectivity index (χ4n) is 2.78. The summed E-state index contributed by atoms with van der Waals surface area (Å²) in [5, 5.41) is 10.7. The van der Waals surface area contributed by atoms with Gasteiger partial charge >= 0.3 is 0 Å². The Hall–Kier alpha value is -1.22. The average molecular weight is 551 g/mol. The van der Waals surface area contributed by atoms with Crippen molar-refractivity contribution in [1.29, 1.82) is 0 Å². The zero-order valence-electron chi connectivity index (χ0n) is 21.6. The largest absolute Gasteiger partial charge is 0.379 e. The molecule has 0 atom stereocenters. The Balaban J connectivity index is 1.74. The molecule has 0 saturated heterocycles. The highest BCUT2D eigenvalue weighted by molar-refractivity contribution is 8.76. The van der Waals surface area contributed by atoms with E-state index in [4.69, 9.17) is 23.7 Å². The Bertz CT molecular complexity index is 683. The van der Waals surface area contributed by atoms with Crippen LogP contribution in [0.5, 0.6) is 0 Å². The second kappa shape index (κ2) is 24.1. The minimum Gasteiger partial charge on any atom is -0.379 e. The zero-order chi connectivity index (χ0) is 26.1. The Morgan fingerprint density at radius 3 is 2.17 bits per heavy atom. The molecule has 11 nitrogen and oxygen atoms in total. The van der Waals surface area contributed by atoms with Gasteiger partial charge in [-0.15, -0.1) is 5.10 Å². The van der Waals surface area contributed by atoms with E-state index >= 15 is 0 Å². The highest BCUT2D eigenvalue weighted by atomic mass is 33.1. The first-order chi connectivity index (χ1) is 17.6. The molecule has 0 spiro atoms. The van der Waals surface area contributed by atoms with E-state index in [0.717, 1.165) is 17.9 Å². The molecule has 0 unspecified atom stereocenters. The summed E-state index contributed by atoms with van der Waals surface area (Å²) in [6.45, 7) is 7.72. The average Bonchev–Trinajstić information content (AvgIpc) is 3.28. The number of ether oxygens (including phenoxy) is 5. The fourth-order valence-corrected chi connectivity index (χ4v) is 4.01. The molecule has 1 aromatic heterocycles. The molecule has 208 valence electrons. The van der Waals surface area contributed by atoms with E-state index in [1.54, 1.807) is 26.3 Å². The summed E-state index contributed by atoms with van der Waals surface area (Å²) < 4.78 is 28.9. The molecule has 1 amide bonds. The lowest BCUT2D eigenvalue weighted by molar-refractivity contribution is -0.122. The minimum absolute atomic E-state index is 0.0767. The van der Waals surface area contributed by atoms with Crippen LogP contribution in [0.1, 0.15) is 31.4 Å². The van der Waals surface area contributed by atoms with Gasteiger partial charge in [-0.2, -0.15) is 0 Å². The lowest BCUT2D eigenvalue weighted by atomic mass is 10.2. The highest BCUT2D eigenvalue weighted by Gasteiger charge is 2.03. The number of ketones is 1. The topological polar surface area (TPSA) is 123 Å².